The topological polar surface area (TPSA) is 89.6 Å². The highest BCUT2D eigenvalue weighted by molar-refractivity contribution is 8.15. The number of halogens is 6. The Morgan fingerprint density at radius 3 is 2.51 bits per heavy atom. The lowest BCUT2D eigenvalue weighted by atomic mass is 9.74. The number of carbonyl (C=O) groups is 1. The molecule has 0 saturated heterocycles. The van der Waals surface area contributed by atoms with Gasteiger partial charge in [0.05, 0.1) is 16.5 Å². The van der Waals surface area contributed by atoms with Crippen LogP contribution >= 0.6 is 11.8 Å². The van der Waals surface area contributed by atoms with Crippen molar-refractivity contribution in [1.82, 2.24) is 4.98 Å². The van der Waals surface area contributed by atoms with Crippen molar-refractivity contribution in [1.29, 1.82) is 0 Å². The number of benzene rings is 1. The Hall–Kier alpha value is -2.96. The van der Waals surface area contributed by atoms with E-state index < -0.39 is 47.1 Å². The number of alkyl halides is 5. The quantitative estimate of drug-likeness (QED) is 0.502. The fourth-order valence-corrected chi connectivity index (χ4v) is 4.88. The lowest BCUT2D eigenvalue weighted by Crippen LogP contribution is -2.52. The maximum absolute atomic E-state index is 14.9. The SMILES string of the molecule is CC1[C@@](C)(C(F)F)SC(N)=N[C@]1(C)c1cc(NC(=O)c2ccc(OCC(F)(F)F)cn2)ccc1F. The van der Waals surface area contributed by atoms with Gasteiger partial charge in [-0.05, 0) is 44.2 Å². The molecule has 35 heavy (non-hydrogen) atoms. The van der Waals surface area contributed by atoms with Crippen LogP contribution in [0.25, 0.3) is 0 Å². The smallest absolute Gasteiger partial charge is 0.422 e. The summed E-state index contributed by atoms with van der Waals surface area (Å²) < 4.78 is 82.4. The van der Waals surface area contributed by atoms with Crippen LogP contribution in [-0.4, -0.2) is 40.0 Å². The Labute approximate surface area is 201 Å². The maximum atomic E-state index is 14.9. The second kappa shape index (κ2) is 9.59. The number of anilines is 1. The van der Waals surface area contributed by atoms with Crippen LogP contribution in [0.15, 0.2) is 41.5 Å². The van der Waals surface area contributed by atoms with Gasteiger partial charge in [0.15, 0.2) is 11.8 Å². The number of carbonyl (C=O) groups excluding carboxylic acids is 1. The Kier molecular flexibility index (Phi) is 7.30. The maximum Gasteiger partial charge on any atom is 0.422 e. The molecule has 1 aliphatic heterocycles. The van der Waals surface area contributed by atoms with Gasteiger partial charge in [-0.15, -0.1) is 0 Å². The monoisotopic (exact) mass is 520 g/mol. The van der Waals surface area contributed by atoms with E-state index in [4.69, 9.17) is 5.73 Å². The molecular weight excluding hydrogens is 498 g/mol. The lowest BCUT2D eigenvalue weighted by molar-refractivity contribution is -0.153. The molecule has 0 radical (unpaired) electrons. The fourth-order valence-electron chi connectivity index (χ4n) is 3.70. The van der Waals surface area contributed by atoms with E-state index in [1.807, 2.05) is 0 Å². The molecular formula is C22H22F6N4O2S. The van der Waals surface area contributed by atoms with E-state index in [1.54, 1.807) is 0 Å². The molecule has 2 heterocycles. The normalized spacial score (nSPS) is 24.7. The molecule has 1 aromatic carbocycles. The molecule has 1 unspecified atom stereocenters. The Bertz CT molecular complexity index is 1130. The van der Waals surface area contributed by atoms with Crippen LogP contribution in [0.3, 0.4) is 0 Å². The van der Waals surface area contributed by atoms with E-state index in [-0.39, 0.29) is 27.9 Å². The molecule has 190 valence electrons. The Morgan fingerprint density at radius 1 is 1.26 bits per heavy atom. The van der Waals surface area contributed by atoms with Gasteiger partial charge in [-0.25, -0.2) is 18.2 Å². The third kappa shape index (κ3) is 5.65. The Morgan fingerprint density at radius 2 is 1.94 bits per heavy atom. The molecule has 2 aromatic rings. The van der Waals surface area contributed by atoms with Crippen molar-refractivity contribution in [3.05, 3.63) is 53.6 Å². The minimum atomic E-state index is -4.52. The van der Waals surface area contributed by atoms with E-state index >= 15 is 0 Å². The predicted octanol–water partition coefficient (Wildman–Crippen LogP) is 5.35. The molecule has 0 saturated carbocycles. The summed E-state index contributed by atoms with van der Waals surface area (Å²) in [6.07, 6.45) is -6.33. The van der Waals surface area contributed by atoms with Gasteiger partial charge in [-0.1, -0.05) is 18.7 Å². The number of aromatic nitrogens is 1. The van der Waals surface area contributed by atoms with Crippen molar-refractivity contribution in [2.75, 3.05) is 11.9 Å². The van der Waals surface area contributed by atoms with Gasteiger partial charge in [0.25, 0.3) is 12.3 Å². The average Bonchev–Trinajstić information content (AvgIpc) is 2.77. The Balaban J connectivity index is 1.85. The number of pyridine rings is 1. The number of aliphatic imine (C=N–C) groups is 1. The summed E-state index contributed by atoms with van der Waals surface area (Å²) >= 11 is 0.730. The summed E-state index contributed by atoms with van der Waals surface area (Å²) in [5.74, 6) is -2.49. The van der Waals surface area contributed by atoms with Crippen molar-refractivity contribution >= 4 is 28.5 Å². The average molecular weight is 520 g/mol. The summed E-state index contributed by atoms with van der Waals surface area (Å²) in [6.45, 7) is 2.86. The van der Waals surface area contributed by atoms with Crippen molar-refractivity contribution in [2.45, 2.75) is 43.7 Å². The second-order valence-electron chi connectivity index (χ2n) is 8.34. The number of nitrogens with zero attached hydrogens (tertiary/aromatic N) is 2. The largest absolute Gasteiger partial charge is 0.483 e. The molecule has 3 rings (SSSR count). The summed E-state index contributed by atoms with van der Waals surface area (Å²) in [5, 5.41) is 2.39. The summed E-state index contributed by atoms with van der Waals surface area (Å²) in [7, 11) is 0. The van der Waals surface area contributed by atoms with E-state index in [1.165, 1.54) is 32.9 Å². The summed E-state index contributed by atoms with van der Waals surface area (Å²) in [6, 6.07) is 5.92. The zero-order valence-corrected chi connectivity index (χ0v) is 19.6. The molecule has 1 aromatic heterocycles. The standard InChI is InChI=1S/C22H22F6N4O2S/c1-11-20(2,32-19(29)35-21(11,3)18(24)25)14-8-12(4-6-15(14)23)31-17(33)16-7-5-13(9-30-16)34-10-22(26,27)28/h4-9,11,18H,10H2,1-3H3,(H2,29,32)(H,31,33)/t11?,20-,21-/m0/s1. The predicted molar refractivity (Wildman–Crippen MR) is 120 cm³/mol. The zero-order valence-electron chi connectivity index (χ0n) is 18.8. The van der Waals surface area contributed by atoms with Crippen LogP contribution in [0.5, 0.6) is 5.75 Å². The molecule has 13 heteroatoms. The van der Waals surface area contributed by atoms with Crippen molar-refractivity contribution in [2.24, 2.45) is 16.6 Å². The van der Waals surface area contributed by atoms with Crippen LogP contribution in [-0.2, 0) is 5.54 Å². The summed E-state index contributed by atoms with van der Waals surface area (Å²) in [4.78, 5) is 20.6. The number of nitrogens with one attached hydrogen (secondary N) is 1. The van der Waals surface area contributed by atoms with Gasteiger partial charge in [0.1, 0.15) is 17.3 Å². The van der Waals surface area contributed by atoms with E-state index in [0.717, 1.165) is 36.2 Å². The minimum absolute atomic E-state index is 0.0400. The molecule has 3 N–H and O–H groups in total. The van der Waals surface area contributed by atoms with Gasteiger partial charge < -0.3 is 15.8 Å². The molecule has 3 atom stereocenters. The minimum Gasteiger partial charge on any atom is -0.483 e. The first-order valence-corrected chi connectivity index (χ1v) is 11.1. The van der Waals surface area contributed by atoms with Crippen molar-refractivity contribution in [3.63, 3.8) is 0 Å². The molecule has 0 bridgehead atoms. The van der Waals surface area contributed by atoms with Crippen LogP contribution in [0, 0.1) is 11.7 Å². The second-order valence-corrected chi connectivity index (χ2v) is 9.84. The number of thioether (sulfide) groups is 1. The van der Waals surface area contributed by atoms with Gasteiger partial charge >= 0.3 is 6.18 Å². The summed E-state index contributed by atoms with van der Waals surface area (Å²) in [5.41, 5.74) is 4.32. The van der Waals surface area contributed by atoms with E-state index in [2.05, 4.69) is 20.0 Å². The third-order valence-corrected chi connectivity index (χ3v) is 7.22. The number of amidine groups is 1. The highest BCUT2D eigenvalue weighted by Crippen LogP contribution is 2.52. The zero-order chi connectivity index (χ0) is 26.2. The van der Waals surface area contributed by atoms with Gasteiger partial charge in [-0.2, -0.15) is 13.2 Å². The van der Waals surface area contributed by atoms with Gasteiger partial charge in [0.2, 0.25) is 0 Å². The van der Waals surface area contributed by atoms with Crippen LogP contribution in [0.2, 0.25) is 0 Å². The highest BCUT2D eigenvalue weighted by Gasteiger charge is 2.54. The highest BCUT2D eigenvalue weighted by atomic mass is 32.2. The fraction of sp³-hybridized carbons (Fsp3) is 0.409. The van der Waals surface area contributed by atoms with Crippen LogP contribution < -0.4 is 15.8 Å². The van der Waals surface area contributed by atoms with E-state index in [0.29, 0.717) is 0 Å². The molecule has 0 spiro atoms. The number of hydrogen-bond donors (Lipinski definition) is 2. The van der Waals surface area contributed by atoms with E-state index in [9.17, 15) is 31.1 Å². The molecule has 1 amide bonds. The number of amides is 1. The van der Waals surface area contributed by atoms with Gasteiger partial charge in [-0.3, -0.25) is 9.79 Å². The molecule has 0 fully saturated rings. The number of rotatable bonds is 6. The van der Waals surface area contributed by atoms with Crippen LogP contribution in [0.1, 0.15) is 36.8 Å². The number of ether oxygens (including phenoxy) is 1. The van der Waals surface area contributed by atoms with Crippen LogP contribution in [0.4, 0.5) is 32.0 Å². The first kappa shape index (κ1) is 26.6. The number of hydrogen-bond acceptors (Lipinski definition) is 6. The van der Waals surface area contributed by atoms with Crippen molar-refractivity contribution < 1.29 is 35.9 Å². The molecule has 1 aliphatic rings. The third-order valence-electron chi connectivity index (χ3n) is 5.94. The first-order chi connectivity index (χ1) is 16.2. The number of nitrogens with two attached hydrogens (primary N) is 1. The molecule has 6 nitrogen and oxygen atoms in total. The molecule has 0 aliphatic carbocycles. The van der Waals surface area contributed by atoms with Crippen molar-refractivity contribution in [3.8, 4) is 5.75 Å². The van der Waals surface area contributed by atoms with Gasteiger partial charge in [0, 0.05) is 17.2 Å². The lowest BCUT2D eigenvalue weighted by Gasteiger charge is -2.46. The first-order valence-electron chi connectivity index (χ1n) is 10.2.